The minimum absolute atomic E-state index is 0.0171. The highest BCUT2D eigenvalue weighted by Gasteiger charge is 2.68. The van der Waals surface area contributed by atoms with Gasteiger partial charge in [0.2, 0.25) is 0 Å². The van der Waals surface area contributed by atoms with Gasteiger partial charge in [0.1, 0.15) is 91.6 Å². The lowest BCUT2D eigenvalue weighted by Gasteiger charge is -2.61. The van der Waals surface area contributed by atoms with E-state index in [2.05, 4.69) is 20.8 Å². The zero-order valence-electron chi connectivity index (χ0n) is 43.1. The number of aliphatic hydroxyl groups is 14. The van der Waals surface area contributed by atoms with Gasteiger partial charge in [0.25, 0.3) is 0 Å². The van der Waals surface area contributed by atoms with Crippen LogP contribution in [0, 0.1) is 52.3 Å². The molecule has 0 bridgehead atoms. The van der Waals surface area contributed by atoms with E-state index < -0.39 is 155 Å². The topological polar surface area (TPSA) is 366 Å². The molecule has 0 amide bonds. The van der Waals surface area contributed by atoms with E-state index in [-0.39, 0.29) is 47.2 Å². The Balaban J connectivity index is 0.833. The smallest absolute Gasteiger partial charge is 0.187 e. The fourth-order valence-corrected chi connectivity index (χ4v) is 15.6. The van der Waals surface area contributed by atoms with E-state index in [4.69, 9.17) is 42.6 Å². The Morgan fingerprint density at radius 3 is 1.77 bits per heavy atom. The first-order valence-electron chi connectivity index (χ1n) is 27.2. The van der Waals surface area contributed by atoms with E-state index >= 15 is 0 Å². The Kier molecular flexibility index (Phi) is 17.6. The predicted octanol–water partition coefficient (Wildman–Crippen LogP) is -2.93. The van der Waals surface area contributed by atoms with Gasteiger partial charge in [-0.05, 0) is 111 Å². The molecule has 23 nitrogen and oxygen atoms in total. The van der Waals surface area contributed by atoms with Crippen LogP contribution in [-0.2, 0) is 42.6 Å². The maximum absolute atomic E-state index is 12.1. The van der Waals surface area contributed by atoms with E-state index in [1.54, 1.807) is 0 Å². The van der Waals surface area contributed by atoms with Crippen LogP contribution in [0.3, 0.4) is 0 Å². The number of ether oxygens (including phenoxy) is 9. The van der Waals surface area contributed by atoms with Gasteiger partial charge in [-0.2, -0.15) is 0 Å². The third-order valence-electron chi connectivity index (χ3n) is 20.1. The quantitative estimate of drug-likeness (QED) is 0.0730. The van der Waals surface area contributed by atoms with Gasteiger partial charge >= 0.3 is 0 Å². The summed E-state index contributed by atoms with van der Waals surface area (Å²) in [6, 6.07) is 0. The molecule has 9 fully saturated rings. The maximum atomic E-state index is 12.1. The second kappa shape index (κ2) is 22.6. The maximum Gasteiger partial charge on any atom is 0.187 e. The lowest BCUT2D eigenvalue weighted by molar-refractivity contribution is -0.390. The second-order valence-corrected chi connectivity index (χ2v) is 24.3. The number of rotatable bonds is 15. The summed E-state index contributed by atoms with van der Waals surface area (Å²) in [6.07, 6.45) is -22.7. The van der Waals surface area contributed by atoms with Crippen LogP contribution in [-0.4, -0.2) is 239 Å². The molecule has 14 N–H and O–H groups in total. The molecule has 0 spiro atoms. The molecule has 74 heavy (non-hydrogen) atoms. The molecule has 9 rings (SSSR count). The summed E-state index contributed by atoms with van der Waals surface area (Å²) in [5.41, 5.74) is -0.0583. The van der Waals surface area contributed by atoms with Crippen LogP contribution >= 0.6 is 0 Å². The summed E-state index contributed by atoms with van der Waals surface area (Å²) < 4.78 is 54.5. The Bertz CT molecular complexity index is 1850. The van der Waals surface area contributed by atoms with E-state index in [0.29, 0.717) is 43.4 Å². The van der Waals surface area contributed by atoms with Gasteiger partial charge in [0.05, 0.1) is 44.7 Å². The monoisotopic (exact) mass is 1070 g/mol. The van der Waals surface area contributed by atoms with E-state index in [0.717, 1.165) is 38.5 Å². The molecule has 9 aliphatic rings. The molecule has 0 aromatic rings. The van der Waals surface area contributed by atoms with Gasteiger partial charge in [0.15, 0.2) is 30.9 Å². The van der Waals surface area contributed by atoms with Crippen LogP contribution in [0.4, 0.5) is 0 Å². The van der Waals surface area contributed by atoms with Crippen LogP contribution in [0.25, 0.3) is 0 Å². The van der Waals surface area contributed by atoms with Crippen molar-refractivity contribution >= 4 is 0 Å². The van der Waals surface area contributed by atoms with Crippen molar-refractivity contribution in [2.45, 2.75) is 240 Å². The molecule has 5 heterocycles. The molecule has 0 aromatic heterocycles. The molecule has 32 atom stereocenters. The summed E-state index contributed by atoms with van der Waals surface area (Å²) in [5, 5.41) is 149. The second-order valence-electron chi connectivity index (χ2n) is 24.3. The lowest BCUT2D eigenvalue weighted by Crippen LogP contribution is -2.67. The van der Waals surface area contributed by atoms with Crippen molar-refractivity contribution in [2.24, 2.45) is 52.3 Å². The number of hydrogen-bond donors (Lipinski definition) is 14. The molecular formula is C51H86O23. The van der Waals surface area contributed by atoms with Gasteiger partial charge in [-0.1, -0.05) is 27.7 Å². The van der Waals surface area contributed by atoms with Gasteiger partial charge < -0.3 is 114 Å². The first kappa shape index (κ1) is 57.8. The first-order valence-corrected chi connectivity index (χ1v) is 27.2. The molecule has 428 valence electrons. The summed E-state index contributed by atoms with van der Waals surface area (Å²) >= 11 is 0. The molecule has 4 aliphatic carbocycles. The molecule has 0 aromatic carbocycles. The van der Waals surface area contributed by atoms with Gasteiger partial charge in [-0.25, -0.2) is 0 Å². The van der Waals surface area contributed by atoms with Crippen molar-refractivity contribution in [1.82, 2.24) is 0 Å². The highest BCUT2D eigenvalue weighted by Crippen LogP contribution is 2.71. The first-order chi connectivity index (χ1) is 35.0. The van der Waals surface area contributed by atoms with Crippen molar-refractivity contribution in [1.29, 1.82) is 0 Å². The number of aliphatic hydroxyl groups excluding tert-OH is 13. The molecule has 9 unspecified atom stereocenters. The van der Waals surface area contributed by atoms with Crippen molar-refractivity contribution in [2.75, 3.05) is 26.4 Å². The minimum atomic E-state index is -1.85. The third kappa shape index (κ3) is 10.3. The van der Waals surface area contributed by atoms with Crippen molar-refractivity contribution < 1.29 is 114 Å². The molecule has 0 radical (unpaired) electrons. The van der Waals surface area contributed by atoms with Crippen LogP contribution in [0.5, 0.6) is 0 Å². The third-order valence-corrected chi connectivity index (χ3v) is 20.1. The summed E-state index contributed by atoms with van der Waals surface area (Å²) in [7, 11) is 0. The van der Waals surface area contributed by atoms with Crippen LogP contribution in [0.1, 0.15) is 98.8 Å². The SMILES string of the molecule is C[C@H](CC[C@@]1(O)OC2CC3C4CCC5CC(O[C@@H]6O[C@H](CO)[C@H](O[C@@H]7O[C@H](CO)[C@@H](O)[C@H](O)[C@H]7O)[C@H](O)[C@H]6O[C@H]6O[C@@H](C)[C@H](O)[C@@H](O)[C@H]6O)CCC5(C)C4CCC3(C)C2[C@@H]1C)CO[C@@H]1O[C@H](CO)[C@@H](O)[C@H](O)[C@H]1O. The zero-order chi connectivity index (χ0) is 53.5. The average Bonchev–Trinajstić information content (AvgIpc) is 3.82. The van der Waals surface area contributed by atoms with E-state index in [1.165, 1.54) is 6.92 Å². The Hall–Kier alpha value is -0.920. The van der Waals surface area contributed by atoms with E-state index in [9.17, 15) is 71.5 Å². The minimum Gasteiger partial charge on any atom is -0.394 e. The number of hydrogen-bond acceptors (Lipinski definition) is 23. The van der Waals surface area contributed by atoms with Crippen LogP contribution in [0.2, 0.25) is 0 Å². The normalized spacial score (nSPS) is 56.0. The summed E-state index contributed by atoms with van der Waals surface area (Å²) in [6.45, 7) is 8.49. The Morgan fingerprint density at radius 1 is 0.554 bits per heavy atom. The summed E-state index contributed by atoms with van der Waals surface area (Å²) in [4.78, 5) is 0. The Morgan fingerprint density at radius 2 is 1.12 bits per heavy atom. The molecule has 5 saturated heterocycles. The van der Waals surface area contributed by atoms with Crippen molar-refractivity contribution in [3.63, 3.8) is 0 Å². The highest BCUT2D eigenvalue weighted by molar-refractivity contribution is 5.15. The lowest BCUT2D eigenvalue weighted by atomic mass is 9.44. The van der Waals surface area contributed by atoms with Gasteiger partial charge in [-0.15, -0.1) is 0 Å². The highest BCUT2D eigenvalue weighted by atomic mass is 16.8. The largest absolute Gasteiger partial charge is 0.394 e. The van der Waals surface area contributed by atoms with Crippen LogP contribution in [0.15, 0.2) is 0 Å². The fraction of sp³-hybridized carbons (Fsp3) is 1.00. The standard InChI is InChI=1S/C51H86O23/c1-20(19-66-45-39(61)37(59)34(56)29(16-52)69-45)8-13-51(65)21(2)32-28(74-51)15-27-25-7-6-23-14-24(9-11-49(23,4)26(25)10-12-50(27,32)5)68-48-44(73-46-40(62)36(58)33(55)22(3)67-46)42(64)43(31(18-54)71-48)72-47-41(63)38(60)35(57)30(17-53)70-47/h20-48,52-65H,6-19H2,1-5H3/t20-,21+,22+,23?,24?,25?,26?,27?,28?,29-,30-,31-,32?,33+,34-,35-,36-,37+,38+,39-,40-,41-,42+,43+,44-,45-,46-,47+,48-,49?,50?,51-/m1/s1. The average molecular weight is 1070 g/mol. The molecule has 4 saturated carbocycles. The van der Waals surface area contributed by atoms with Gasteiger partial charge in [0, 0.05) is 12.3 Å². The van der Waals surface area contributed by atoms with Crippen LogP contribution < -0.4 is 0 Å². The fourth-order valence-electron chi connectivity index (χ4n) is 15.6. The number of fused-ring (bicyclic) bond motifs is 7. The summed E-state index contributed by atoms with van der Waals surface area (Å²) in [5.74, 6) is 0.202. The van der Waals surface area contributed by atoms with Crippen molar-refractivity contribution in [3.8, 4) is 0 Å². The van der Waals surface area contributed by atoms with Crippen molar-refractivity contribution in [3.05, 3.63) is 0 Å². The van der Waals surface area contributed by atoms with Gasteiger partial charge in [-0.3, -0.25) is 0 Å². The zero-order valence-corrected chi connectivity index (χ0v) is 43.1. The Labute approximate surface area is 431 Å². The molecule has 5 aliphatic heterocycles. The molecule has 23 heteroatoms. The molecular weight excluding hydrogens is 981 g/mol. The predicted molar refractivity (Wildman–Crippen MR) is 250 cm³/mol. The van der Waals surface area contributed by atoms with E-state index in [1.807, 2.05) is 6.92 Å².